The normalized spacial score (nSPS) is 25.7. The van der Waals surface area contributed by atoms with Gasteiger partial charge in [0, 0.05) is 58.2 Å². The number of likely N-dealkylation sites (tertiary alicyclic amines) is 3. The number of hydrogen-bond donors (Lipinski definition) is 0. The van der Waals surface area contributed by atoms with Crippen LogP contribution in [0.25, 0.3) is 6.08 Å². The zero-order valence-corrected chi connectivity index (χ0v) is 18.3. The number of carbonyl (C=O) groups is 2. The molecule has 3 heterocycles. The van der Waals surface area contributed by atoms with Crippen LogP contribution in [0.4, 0.5) is 0 Å². The van der Waals surface area contributed by atoms with E-state index in [2.05, 4.69) is 53.1 Å². The topological polar surface area (TPSA) is 43.9 Å². The van der Waals surface area contributed by atoms with Crippen molar-refractivity contribution in [2.75, 3.05) is 39.3 Å². The predicted molar refractivity (Wildman–Crippen MR) is 120 cm³/mol. The number of piperidine rings is 2. The van der Waals surface area contributed by atoms with E-state index >= 15 is 0 Å². The maximum Gasteiger partial charge on any atom is 0.222 e. The molecule has 0 aliphatic carbocycles. The van der Waals surface area contributed by atoms with E-state index in [0.29, 0.717) is 30.7 Å². The molecule has 5 heteroatoms. The summed E-state index contributed by atoms with van der Waals surface area (Å²) in [5.74, 6) is 1.18. The first-order valence-electron chi connectivity index (χ1n) is 11.6. The van der Waals surface area contributed by atoms with E-state index in [4.69, 9.17) is 0 Å². The number of carbonyl (C=O) groups excluding carboxylic acids is 2. The standard InChI is InChI=1S/C25H35N3O2/c1-20(17-21-7-3-2-4-8-21)18-26-16-12-23-22(19-26)10-11-25(30)28(23)15-6-14-27-13-5-9-24(27)29/h2-4,7-8,17,22-23H,5-6,9-16,18-19H2,1H3/b20-17+/t22-,23+/m1/s1. The molecule has 30 heavy (non-hydrogen) atoms. The number of benzene rings is 1. The van der Waals surface area contributed by atoms with Gasteiger partial charge in [-0.1, -0.05) is 42.0 Å². The minimum absolute atomic E-state index is 0.282. The maximum atomic E-state index is 12.6. The Labute approximate surface area is 180 Å². The molecule has 3 fully saturated rings. The lowest BCUT2D eigenvalue weighted by Crippen LogP contribution is -2.56. The van der Waals surface area contributed by atoms with Crippen LogP contribution in [0.2, 0.25) is 0 Å². The van der Waals surface area contributed by atoms with Gasteiger partial charge in [0.25, 0.3) is 0 Å². The molecule has 0 spiro atoms. The SMILES string of the molecule is C/C(=C\c1ccccc1)CN1CC[C@H]2[C@H](CCC(=O)N2CCCN2CCCC2=O)C1. The Balaban J connectivity index is 1.29. The molecule has 0 bridgehead atoms. The molecule has 2 atom stereocenters. The first-order valence-corrected chi connectivity index (χ1v) is 11.6. The second-order valence-electron chi connectivity index (χ2n) is 9.22. The van der Waals surface area contributed by atoms with E-state index in [9.17, 15) is 9.59 Å². The largest absolute Gasteiger partial charge is 0.343 e. The summed E-state index contributed by atoms with van der Waals surface area (Å²) in [6.07, 6.45) is 7.63. The van der Waals surface area contributed by atoms with Crippen LogP contribution in [-0.2, 0) is 9.59 Å². The minimum Gasteiger partial charge on any atom is -0.343 e. The average Bonchev–Trinajstić information content (AvgIpc) is 3.15. The van der Waals surface area contributed by atoms with Crippen molar-refractivity contribution in [2.45, 2.75) is 51.5 Å². The summed E-state index contributed by atoms with van der Waals surface area (Å²) in [5.41, 5.74) is 2.65. The van der Waals surface area contributed by atoms with Crippen LogP contribution in [0.5, 0.6) is 0 Å². The third-order valence-electron chi connectivity index (χ3n) is 6.91. The van der Waals surface area contributed by atoms with Gasteiger partial charge < -0.3 is 9.80 Å². The first kappa shape index (κ1) is 21.1. The van der Waals surface area contributed by atoms with Gasteiger partial charge in [-0.25, -0.2) is 0 Å². The zero-order valence-electron chi connectivity index (χ0n) is 18.3. The number of rotatable bonds is 7. The summed E-state index contributed by atoms with van der Waals surface area (Å²) in [6.45, 7) is 7.85. The molecule has 1 aromatic carbocycles. The third kappa shape index (κ3) is 5.12. The Morgan fingerprint density at radius 1 is 1.03 bits per heavy atom. The monoisotopic (exact) mass is 409 g/mol. The number of nitrogens with zero attached hydrogens (tertiary/aromatic N) is 3. The van der Waals surface area contributed by atoms with E-state index in [1.54, 1.807) is 0 Å². The Kier molecular flexibility index (Phi) is 6.88. The van der Waals surface area contributed by atoms with Gasteiger partial charge in [-0.2, -0.15) is 0 Å². The molecule has 0 aromatic heterocycles. The van der Waals surface area contributed by atoms with Crippen LogP contribution in [0.3, 0.4) is 0 Å². The summed E-state index contributed by atoms with van der Waals surface area (Å²) in [6, 6.07) is 10.9. The van der Waals surface area contributed by atoms with Gasteiger partial charge in [-0.05, 0) is 44.1 Å². The van der Waals surface area contributed by atoms with Crippen LogP contribution >= 0.6 is 0 Å². The van der Waals surface area contributed by atoms with E-state index < -0.39 is 0 Å². The smallest absolute Gasteiger partial charge is 0.222 e. The fourth-order valence-electron chi connectivity index (χ4n) is 5.47. The number of hydrogen-bond acceptors (Lipinski definition) is 3. The van der Waals surface area contributed by atoms with Crippen molar-refractivity contribution in [3.63, 3.8) is 0 Å². The molecule has 3 saturated heterocycles. The lowest BCUT2D eigenvalue weighted by Gasteiger charge is -2.47. The highest BCUT2D eigenvalue weighted by atomic mass is 16.2. The second kappa shape index (κ2) is 9.78. The average molecular weight is 410 g/mol. The van der Waals surface area contributed by atoms with Crippen LogP contribution in [0.1, 0.15) is 51.0 Å². The predicted octanol–water partition coefficient (Wildman–Crippen LogP) is 3.42. The molecule has 3 aliphatic rings. The molecule has 0 radical (unpaired) electrons. The van der Waals surface area contributed by atoms with Gasteiger partial charge in [0.05, 0.1) is 0 Å². The van der Waals surface area contributed by atoms with Gasteiger partial charge in [0.1, 0.15) is 0 Å². The van der Waals surface area contributed by atoms with Crippen LogP contribution in [-0.4, -0.2) is 71.8 Å². The van der Waals surface area contributed by atoms with E-state index in [1.807, 2.05) is 4.90 Å². The molecule has 5 nitrogen and oxygen atoms in total. The minimum atomic E-state index is 0.282. The quantitative estimate of drug-likeness (QED) is 0.693. The van der Waals surface area contributed by atoms with Gasteiger partial charge in [-0.15, -0.1) is 0 Å². The van der Waals surface area contributed by atoms with Crippen molar-refractivity contribution >= 4 is 17.9 Å². The fraction of sp³-hybridized carbons (Fsp3) is 0.600. The van der Waals surface area contributed by atoms with Crippen molar-refractivity contribution in [1.82, 2.24) is 14.7 Å². The van der Waals surface area contributed by atoms with Crippen molar-refractivity contribution in [1.29, 1.82) is 0 Å². The highest BCUT2D eigenvalue weighted by Gasteiger charge is 2.39. The van der Waals surface area contributed by atoms with E-state index in [-0.39, 0.29) is 5.91 Å². The lowest BCUT2D eigenvalue weighted by atomic mass is 9.83. The molecule has 162 valence electrons. The third-order valence-corrected chi connectivity index (χ3v) is 6.91. The van der Waals surface area contributed by atoms with Gasteiger partial charge >= 0.3 is 0 Å². The van der Waals surface area contributed by atoms with Gasteiger partial charge in [-0.3, -0.25) is 14.5 Å². The highest BCUT2D eigenvalue weighted by molar-refractivity contribution is 5.78. The van der Waals surface area contributed by atoms with Gasteiger partial charge in [0.15, 0.2) is 0 Å². The second-order valence-corrected chi connectivity index (χ2v) is 9.22. The van der Waals surface area contributed by atoms with Crippen LogP contribution in [0, 0.1) is 5.92 Å². The van der Waals surface area contributed by atoms with Crippen molar-refractivity contribution in [3.8, 4) is 0 Å². The summed E-state index contributed by atoms with van der Waals surface area (Å²) < 4.78 is 0. The van der Waals surface area contributed by atoms with Crippen molar-refractivity contribution in [3.05, 3.63) is 41.5 Å². The molecule has 0 unspecified atom stereocenters. The van der Waals surface area contributed by atoms with Crippen molar-refractivity contribution in [2.24, 2.45) is 5.92 Å². The highest BCUT2D eigenvalue weighted by Crippen LogP contribution is 2.32. The summed E-state index contributed by atoms with van der Waals surface area (Å²) >= 11 is 0. The molecule has 1 aromatic rings. The first-order chi connectivity index (χ1) is 14.6. The molecule has 0 saturated carbocycles. The molecular formula is C25H35N3O2. The Hall–Kier alpha value is -2.14. The fourth-order valence-corrected chi connectivity index (χ4v) is 5.47. The number of amides is 2. The summed E-state index contributed by atoms with van der Waals surface area (Å²) in [5, 5.41) is 0. The number of fused-ring (bicyclic) bond motifs is 1. The summed E-state index contributed by atoms with van der Waals surface area (Å²) in [4.78, 5) is 31.1. The van der Waals surface area contributed by atoms with Crippen LogP contribution < -0.4 is 0 Å². The van der Waals surface area contributed by atoms with E-state index in [1.165, 1.54) is 11.1 Å². The molecular weight excluding hydrogens is 374 g/mol. The zero-order chi connectivity index (χ0) is 20.9. The molecule has 2 amide bonds. The molecule has 3 aliphatic heterocycles. The van der Waals surface area contributed by atoms with E-state index in [0.717, 1.165) is 65.0 Å². The Bertz CT molecular complexity index is 776. The Morgan fingerprint density at radius 2 is 1.87 bits per heavy atom. The lowest BCUT2D eigenvalue weighted by molar-refractivity contribution is -0.141. The maximum absolute atomic E-state index is 12.6. The molecule has 4 rings (SSSR count). The molecule has 0 N–H and O–H groups in total. The van der Waals surface area contributed by atoms with Gasteiger partial charge in [0.2, 0.25) is 11.8 Å². The van der Waals surface area contributed by atoms with Crippen molar-refractivity contribution < 1.29 is 9.59 Å². The summed E-state index contributed by atoms with van der Waals surface area (Å²) in [7, 11) is 0. The van der Waals surface area contributed by atoms with Crippen LogP contribution in [0.15, 0.2) is 35.9 Å². The Morgan fingerprint density at radius 3 is 2.63 bits per heavy atom.